The number of aryl methyl sites for hydroxylation is 2. The van der Waals surface area contributed by atoms with E-state index in [4.69, 9.17) is 4.74 Å². The predicted octanol–water partition coefficient (Wildman–Crippen LogP) is 2.84. The van der Waals surface area contributed by atoms with E-state index in [-0.39, 0.29) is 18.1 Å². The Labute approximate surface area is 154 Å². The zero-order valence-corrected chi connectivity index (χ0v) is 16.0. The lowest BCUT2D eigenvalue weighted by Gasteiger charge is -2.13. The summed E-state index contributed by atoms with van der Waals surface area (Å²) in [5, 5.41) is 18.4. The van der Waals surface area contributed by atoms with Gasteiger partial charge in [-0.15, -0.1) is 11.3 Å². The third kappa shape index (κ3) is 3.90. The number of amides is 1. The first-order valence-electron chi connectivity index (χ1n) is 7.83. The average molecular weight is 380 g/mol. The van der Waals surface area contributed by atoms with Crippen LogP contribution in [0.2, 0.25) is 0 Å². The van der Waals surface area contributed by atoms with E-state index in [0.29, 0.717) is 22.0 Å². The standard InChI is InChI=1S/C16H20N4O5S/c1-8(7-19-11(4)13(20(23)24)10(3)18-19)14(21)17-15-12(16(22)25-5)6-9(2)26-15/h6,8H,7H2,1-5H3,(H,17,21). The highest BCUT2D eigenvalue weighted by Crippen LogP contribution is 2.29. The molecule has 0 aromatic carbocycles. The molecule has 26 heavy (non-hydrogen) atoms. The minimum absolute atomic E-state index is 0.0422. The molecule has 0 aliphatic heterocycles. The van der Waals surface area contributed by atoms with Crippen molar-refractivity contribution in [3.63, 3.8) is 0 Å². The highest BCUT2D eigenvalue weighted by molar-refractivity contribution is 7.16. The van der Waals surface area contributed by atoms with E-state index in [1.165, 1.54) is 23.1 Å². The predicted molar refractivity (Wildman–Crippen MR) is 96.5 cm³/mol. The number of methoxy groups -OCH3 is 1. The molecular formula is C16H20N4O5S. The molecule has 2 heterocycles. The van der Waals surface area contributed by atoms with E-state index >= 15 is 0 Å². The molecule has 0 bridgehead atoms. The van der Waals surface area contributed by atoms with Crippen molar-refractivity contribution in [3.8, 4) is 0 Å². The Hall–Kier alpha value is -2.75. The monoisotopic (exact) mass is 380 g/mol. The van der Waals surface area contributed by atoms with E-state index in [1.54, 1.807) is 26.8 Å². The lowest BCUT2D eigenvalue weighted by atomic mass is 10.1. The second-order valence-corrected chi connectivity index (χ2v) is 7.20. The number of hydrogen-bond acceptors (Lipinski definition) is 7. The Bertz CT molecular complexity index is 870. The van der Waals surface area contributed by atoms with Crippen LogP contribution < -0.4 is 5.32 Å². The number of anilines is 1. The van der Waals surface area contributed by atoms with Crippen LogP contribution in [-0.2, 0) is 16.1 Å². The molecule has 10 heteroatoms. The van der Waals surface area contributed by atoms with Crippen molar-refractivity contribution in [2.24, 2.45) is 5.92 Å². The van der Waals surface area contributed by atoms with Crippen molar-refractivity contribution in [2.75, 3.05) is 12.4 Å². The van der Waals surface area contributed by atoms with Crippen LogP contribution in [0.5, 0.6) is 0 Å². The summed E-state index contributed by atoms with van der Waals surface area (Å²) >= 11 is 1.28. The number of nitrogens with one attached hydrogen (secondary N) is 1. The van der Waals surface area contributed by atoms with Crippen LogP contribution in [0.4, 0.5) is 10.7 Å². The van der Waals surface area contributed by atoms with E-state index in [2.05, 4.69) is 10.4 Å². The van der Waals surface area contributed by atoms with Crippen LogP contribution in [-0.4, -0.2) is 33.7 Å². The Kier molecular flexibility index (Phi) is 5.76. The summed E-state index contributed by atoms with van der Waals surface area (Å²) in [7, 11) is 1.28. The van der Waals surface area contributed by atoms with Crippen molar-refractivity contribution < 1.29 is 19.2 Å². The fourth-order valence-electron chi connectivity index (χ4n) is 2.58. The van der Waals surface area contributed by atoms with Gasteiger partial charge in [0, 0.05) is 4.88 Å². The van der Waals surface area contributed by atoms with Gasteiger partial charge in [-0.05, 0) is 26.8 Å². The van der Waals surface area contributed by atoms with Gasteiger partial charge in [-0.1, -0.05) is 6.92 Å². The largest absolute Gasteiger partial charge is 0.465 e. The van der Waals surface area contributed by atoms with Gasteiger partial charge >= 0.3 is 11.7 Å². The molecule has 2 rings (SSSR count). The second-order valence-electron chi connectivity index (χ2n) is 5.94. The fraction of sp³-hybridized carbons (Fsp3) is 0.438. The number of ether oxygens (including phenoxy) is 1. The van der Waals surface area contributed by atoms with Crippen LogP contribution in [0.25, 0.3) is 0 Å². The molecule has 2 aromatic heterocycles. The van der Waals surface area contributed by atoms with Gasteiger partial charge in [0.15, 0.2) is 0 Å². The van der Waals surface area contributed by atoms with Gasteiger partial charge in [-0.25, -0.2) is 4.79 Å². The van der Waals surface area contributed by atoms with Crippen molar-refractivity contribution in [1.29, 1.82) is 0 Å². The summed E-state index contributed by atoms with van der Waals surface area (Å²) in [4.78, 5) is 35.8. The van der Waals surface area contributed by atoms with Gasteiger partial charge in [0.2, 0.25) is 5.91 Å². The molecule has 0 saturated carbocycles. The minimum atomic E-state index is -0.522. The van der Waals surface area contributed by atoms with Gasteiger partial charge in [0.1, 0.15) is 16.4 Å². The highest BCUT2D eigenvalue weighted by Gasteiger charge is 2.25. The minimum Gasteiger partial charge on any atom is -0.465 e. The molecule has 1 unspecified atom stereocenters. The quantitative estimate of drug-likeness (QED) is 0.468. The number of carbonyl (C=O) groups is 2. The smallest absolute Gasteiger partial charge is 0.340 e. The Balaban J connectivity index is 2.16. The third-order valence-corrected chi connectivity index (χ3v) is 4.88. The van der Waals surface area contributed by atoms with Crippen LogP contribution in [0.3, 0.4) is 0 Å². The SMILES string of the molecule is COC(=O)c1cc(C)sc1NC(=O)C(C)Cn1nc(C)c([N+](=O)[O-])c1C. The van der Waals surface area contributed by atoms with E-state index in [0.717, 1.165) is 4.88 Å². The third-order valence-electron chi connectivity index (χ3n) is 3.92. The number of rotatable bonds is 6. The van der Waals surface area contributed by atoms with Crippen molar-refractivity contribution >= 4 is 33.9 Å². The van der Waals surface area contributed by atoms with E-state index < -0.39 is 16.8 Å². The van der Waals surface area contributed by atoms with Gasteiger partial charge in [0.25, 0.3) is 0 Å². The first-order chi connectivity index (χ1) is 12.1. The van der Waals surface area contributed by atoms with Crippen molar-refractivity contribution in [3.05, 3.63) is 38.0 Å². The average Bonchev–Trinajstić information content (AvgIpc) is 3.06. The molecule has 1 N–H and O–H groups in total. The number of aromatic nitrogens is 2. The van der Waals surface area contributed by atoms with Crippen LogP contribution in [0.15, 0.2) is 6.07 Å². The number of nitrogens with zero attached hydrogens (tertiary/aromatic N) is 3. The summed E-state index contributed by atoms with van der Waals surface area (Å²) in [6.45, 7) is 6.86. The molecule has 0 saturated heterocycles. The lowest BCUT2D eigenvalue weighted by Crippen LogP contribution is -2.25. The maximum Gasteiger partial charge on any atom is 0.340 e. The molecule has 0 fully saturated rings. The van der Waals surface area contributed by atoms with Crippen LogP contribution >= 0.6 is 11.3 Å². The molecule has 0 spiro atoms. The molecule has 1 atom stereocenters. The molecule has 0 aliphatic carbocycles. The number of hydrogen-bond donors (Lipinski definition) is 1. The van der Waals surface area contributed by atoms with Crippen molar-refractivity contribution in [2.45, 2.75) is 34.2 Å². The van der Waals surface area contributed by atoms with E-state index in [1.807, 2.05) is 6.92 Å². The number of esters is 1. The lowest BCUT2D eigenvalue weighted by molar-refractivity contribution is -0.386. The van der Waals surface area contributed by atoms with Gasteiger partial charge in [-0.3, -0.25) is 19.6 Å². The Morgan fingerprint density at radius 3 is 2.62 bits per heavy atom. The number of thiophene rings is 1. The summed E-state index contributed by atoms with van der Waals surface area (Å²) in [6.07, 6.45) is 0. The van der Waals surface area contributed by atoms with Crippen molar-refractivity contribution in [1.82, 2.24) is 9.78 Å². The maximum atomic E-state index is 12.5. The van der Waals surface area contributed by atoms with Crippen LogP contribution in [0, 0.1) is 36.8 Å². The van der Waals surface area contributed by atoms with Gasteiger partial charge in [-0.2, -0.15) is 5.10 Å². The summed E-state index contributed by atoms with van der Waals surface area (Å²) in [5.74, 6) is -1.35. The highest BCUT2D eigenvalue weighted by atomic mass is 32.1. The molecule has 0 aliphatic rings. The van der Waals surface area contributed by atoms with E-state index in [9.17, 15) is 19.7 Å². The fourth-order valence-corrected chi connectivity index (χ4v) is 3.48. The number of nitro groups is 1. The first-order valence-corrected chi connectivity index (χ1v) is 8.65. The molecule has 1 amide bonds. The second kappa shape index (κ2) is 7.65. The van der Waals surface area contributed by atoms with Gasteiger partial charge in [0.05, 0.1) is 30.1 Å². The first kappa shape index (κ1) is 19.6. The topological polar surface area (TPSA) is 116 Å². The van der Waals surface area contributed by atoms with Gasteiger partial charge < -0.3 is 10.1 Å². The molecular weight excluding hydrogens is 360 g/mol. The van der Waals surface area contributed by atoms with Crippen LogP contribution in [0.1, 0.15) is 33.5 Å². The Morgan fingerprint density at radius 2 is 2.08 bits per heavy atom. The zero-order valence-electron chi connectivity index (χ0n) is 15.2. The normalized spacial score (nSPS) is 11.9. The number of carbonyl (C=O) groups excluding carboxylic acids is 2. The Morgan fingerprint density at radius 1 is 1.42 bits per heavy atom. The maximum absolute atomic E-state index is 12.5. The zero-order chi connectivity index (χ0) is 19.6. The summed E-state index contributed by atoms with van der Waals surface area (Å²) in [6, 6.07) is 1.65. The molecule has 0 radical (unpaired) electrons. The molecule has 140 valence electrons. The summed E-state index contributed by atoms with van der Waals surface area (Å²) < 4.78 is 6.18. The summed E-state index contributed by atoms with van der Waals surface area (Å²) in [5.41, 5.74) is 0.966. The molecule has 9 nitrogen and oxygen atoms in total. The molecule has 2 aromatic rings.